The SMILES string of the molecule is C=C(CNC(=O)NCc1ccc(N)cc1)N1CCCC1. The minimum Gasteiger partial charge on any atom is -0.399 e. The van der Waals surface area contributed by atoms with Crippen molar-refractivity contribution in [1.82, 2.24) is 15.5 Å². The van der Waals surface area contributed by atoms with Crippen LogP contribution in [0.5, 0.6) is 0 Å². The number of urea groups is 1. The fraction of sp³-hybridized carbons (Fsp3) is 0.400. The second-order valence-electron chi connectivity index (χ2n) is 5.04. The maximum Gasteiger partial charge on any atom is 0.315 e. The van der Waals surface area contributed by atoms with E-state index in [0.717, 1.165) is 30.0 Å². The van der Waals surface area contributed by atoms with Crippen molar-refractivity contribution in [3.8, 4) is 0 Å². The third-order valence-corrected chi connectivity index (χ3v) is 3.44. The van der Waals surface area contributed by atoms with Crippen LogP contribution in [0.3, 0.4) is 0 Å². The Kier molecular flexibility index (Phi) is 4.87. The number of amides is 2. The highest BCUT2D eigenvalue weighted by Crippen LogP contribution is 2.12. The van der Waals surface area contributed by atoms with Crippen molar-refractivity contribution >= 4 is 11.7 Å². The van der Waals surface area contributed by atoms with E-state index in [1.54, 1.807) is 0 Å². The van der Waals surface area contributed by atoms with E-state index in [0.29, 0.717) is 13.1 Å². The first kappa shape index (κ1) is 14.2. The number of rotatable bonds is 5. The lowest BCUT2D eigenvalue weighted by molar-refractivity contribution is 0.240. The lowest BCUT2D eigenvalue weighted by atomic mass is 10.2. The zero-order chi connectivity index (χ0) is 14.4. The lowest BCUT2D eigenvalue weighted by Crippen LogP contribution is -2.38. The minimum absolute atomic E-state index is 0.179. The maximum atomic E-state index is 11.7. The summed E-state index contributed by atoms with van der Waals surface area (Å²) in [6.45, 7) is 7.09. The Balaban J connectivity index is 1.67. The Morgan fingerprint density at radius 2 is 1.85 bits per heavy atom. The molecule has 1 aliphatic heterocycles. The summed E-state index contributed by atoms with van der Waals surface area (Å²) in [5, 5.41) is 5.64. The van der Waals surface area contributed by atoms with Crippen LogP contribution in [0, 0.1) is 0 Å². The minimum atomic E-state index is -0.179. The summed E-state index contributed by atoms with van der Waals surface area (Å²) >= 11 is 0. The molecule has 1 fully saturated rings. The first-order valence-corrected chi connectivity index (χ1v) is 6.94. The molecule has 20 heavy (non-hydrogen) atoms. The number of hydrogen-bond acceptors (Lipinski definition) is 3. The quantitative estimate of drug-likeness (QED) is 0.715. The van der Waals surface area contributed by atoms with Gasteiger partial charge in [-0.15, -0.1) is 0 Å². The van der Waals surface area contributed by atoms with E-state index in [-0.39, 0.29) is 6.03 Å². The van der Waals surface area contributed by atoms with Gasteiger partial charge < -0.3 is 21.3 Å². The van der Waals surface area contributed by atoms with Crippen LogP contribution in [0.25, 0.3) is 0 Å². The molecule has 1 aromatic rings. The molecule has 0 bridgehead atoms. The molecule has 0 spiro atoms. The number of carbonyl (C=O) groups is 1. The van der Waals surface area contributed by atoms with E-state index < -0.39 is 0 Å². The molecule has 1 saturated heterocycles. The van der Waals surface area contributed by atoms with E-state index in [1.165, 1.54) is 12.8 Å². The number of nitrogen functional groups attached to an aromatic ring is 1. The average molecular weight is 274 g/mol. The largest absolute Gasteiger partial charge is 0.399 e. The highest BCUT2D eigenvalue weighted by molar-refractivity contribution is 5.74. The molecule has 108 valence electrons. The van der Waals surface area contributed by atoms with E-state index in [2.05, 4.69) is 22.1 Å². The summed E-state index contributed by atoms with van der Waals surface area (Å²) in [6.07, 6.45) is 2.42. The van der Waals surface area contributed by atoms with Gasteiger partial charge in [0.05, 0.1) is 6.54 Å². The molecule has 0 saturated carbocycles. The normalized spacial score (nSPS) is 14.1. The van der Waals surface area contributed by atoms with E-state index >= 15 is 0 Å². The molecule has 1 heterocycles. The molecule has 1 aromatic carbocycles. The van der Waals surface area contributed by atoms with Gasteiger partial charge in [0.2, 0.25) is 0 Å². The van der Waals surface area contributed by atoms with Crippen LogP contribution in [-0.4, -0.2) is 30.6 Å². The number of nitrogens with two attached hydrogens (primary N) is 1. The van der Waals surface area contributed by atoms with Gasteiger partial charge in [-0.2, -0.15) is 0 Å². The Bertz CT molecular complexity index is 463. The fourth-order valence-electron chi connectivity index (χ4n) is 2.21. The molecule has 0 aromatic heterocycles. The second kappa shape index (κ2) is 6.84. The molecule has 2 rings (SSSR count). The highest BCUT2D eigenvalue weighted by Gasteiger charge is 2.13. The summed E-state index contributed by atoms with van der Waals surface area (Å²) in [6, 6.07) is 7.27. The van der Waals surface area contributed by atoms with Crippen LogP contribution in [0.4, 0.5) is 10.5 Å². The van der Waals surface area contributed by atoms with Gasteiger partial charge in [0.15, 0.2) is 0 Å². The van der Waals surface area contributed by atoms with Crippen molar-refractivity contribution < 1.29 is 4.79 Å². The molecule has 1 aliphatic rings. The van der Waals surface area contributed by atoms with Crippen LogP contribution in [0.15, 0.2) is 36.5 Å². The highest BCUT2D eigenvalue weighted by atomic mass is 16.2. The predicted molar refractivity (Wildman–Crippen MR) is 81.0 cm³/mol. The predicted octanol–water partition coefficient (Wildman–Crippen LogP) is 1.68. The van der Waals surface area contributed by atoms with Crippen molar-refractivity contribution in [3.63, 3.8) is 0 Å². The Morgan fingerprint density at radius 1 is 1.20 bits per heavy atom. The fourth-order valence-corrected chi connectivity index (χ4v) is 2.21. The summed E-state index contributed by atoms with van der Waals surface area (Å²) in [7, 11) is 0. The second-order valence-corrected chi connectivity index (χ2v) is 5.04. The molecule has 0 unspecified atom stereocenters. The Morgan fingerprint density at radius 3 is 2.50 bits per heavy atom. The molecule has 5 heteroatoms. The van der Waals surface area contributed by atoms with Gasteiger partial charge in [-0.3, -0.25) is 0 Å². The summed E-state index contributed by atoms with van der Waals surface area (Å²) in [4.78, 5) is 13.9. The van der Waals surface area contributed by atoms with Crippen LogP contribution < -0.4 is 16.4 Å². The zero-order valence-corrected chi connectivity index (χ0v) is 11.7. The number of hydrogen-bond donors (Lipinski definition) is 3. The number of nitrogens with zero attached hydrogens (tertiary/aromatic N) is 1. The van der Waals surface area contributed by atoms with E-state index in [1.807, 2.05) is 24.3 Å². The van der Waals surface area contributed by atoms with E-state index in [9.17, 15) is 4.79 Å². The monoisotopic (exact) mass is 274 g/mol. The lowest BCUT2D eigenvalue weighted by Gasteiger charge is -2.20. The molecule has 0 aliphatic carbocycles. The average Bonchev–Trinajstić information content (AvgIpc) is 2.98. The first-order valence-electron chi connectivity index (χ1n) is 6.94. The van der Waals surface area contributed by atoms with Gasteiger partial charge in [0, 0.05) is 31.0 Å². The summed E-state index contributed by atoms with van der Waals surface area (Å²) in [5.41, 5.74) is 8.33. The molecule has 2 amide bonds. The molecule has 5 nitrogen and oxygen atoms in total. The van der Waals surface area contributed by atoms with Crippen LogP contribution in [0.2, 0.25) is 0 Å². The van der Waals surface area contributed by atoms with Crippen molar-refractivity contribution in [2.75, 3.05) is 25.4 Å². The number of carbonyl (C=O) groups excluding carboxylic acids is 1. The van der Waals surface area contributed by atoms with Crippen molar-refractivity contribution in [2.45, 2.75) is 19.4 Å². The molecule has 4 N–H and O–H groups in total. The molecule has 0 radical (unpaired) electrons. The summed E-state index contributed by atoms with van der Waals surface area (Å²) in [5.74, 6) is 0. The van der Waals surface area contributed by atoms with Gasteiger partial charge in [-0.05, 0) is 30.5 Å². The molecular formula is C15H22N4O. The van der Waals surface area contributed by atoms with Gasteiger partial charge in [-0.1, -0.05) is 18.7 Å². The van der Waals surface area contributed by atoms with Crippen LogP contribution in [0.1, 0.15) is 18.4 Å². The maximum absolute atomic E-state index is 11.7. The Labute approximate surface area is 119 Å². The third kappa shape index (κ3) is 4.19. The van der Waals surface area contributed by atoms with E-state index in [4.69, 9.17) is 5.73 Å². The van der Waals surface area contributed by atoms with Crippen LogP contribution in [-0.2, 0) is 6.54 Å². The number of benzene rings is 1. The zero-order valence-electron chi connectivity index (χ0n) is 11.7. The van der Waals surface area contributed by atoms with Crippen LogP contribution >= 0.6 is 0 Å². The van der Waals surface area contributed by atoms with Gasteiger partial charge in [0.25, 0.3) is 0 Å². The van der Waals surface area contributed by atoms with Gasteiger partial charge in [-0.25, -0.2) is 4.79 Å². The Hall–Kier alpha value is -2.17. The van der Waals surface area contributed by atoms with Gasteiger partial charge in [0.1, 0.15) is 0 Å². The number of anilines is 1. The number of nitrogens with one attached hydrogen (secondary N) is 2. The smallest absolute Gasteiger partial charge is 0.315 e. The molecular weight excluding hydrogens is 252 g/mol. The standard InChI is InChI=1S/C15H22N4O/c1-12(19-8-2-3-9-19)10-17-15(20)18-11-13-4-6-14(16)7-5-13/h4-7H,1-3,8-11,16H2,(H2,17,18,20). The van der Waals surface area contributed by atoms with Crippen molar-refractivity contribution in [2.24, 2.45) is 0 Å². The number of likely N-dealkylation sites (tertiary alicyclic amines) is 1. The van der Waals surface area contributed by atoms with Crippen molar-refractivity contribution in [1.29, 1.82) is 0 Å². The summed E-state index contributed by atoms with van der Waals surface area (Å²) < 4.78 is 0. The van der Waals surface area contributed by atoms with Gasteiger partial charge >= 0.3 is 6.03 Å². The van der Waals surface area contributed by atoms with Crippen molar-refractivity contribution in [3.05, 3.63) is 42.1 Å². The molecule has 0 atom stereocenters. The topological polar surface area (TPSA) is 70.4 Å². The third-order valence-electron chi connectivity index (χ3n) is 3.44. The first-order chi connectivity index (χ1) is 9.65.